The minimum absolute atomic E-state index is 0.0372. The lowest BCUT2D eigenvalue weighted by Gasteiger charge is -2.29. The number of rotatable bonds is 8. The lowest BCUT2D eigenvalue weighted by molar-refractivity contribution is 0.00193. The largest absolute Gasteiger partial charge is 0.465 e. The summed E-state index contributed by atoms with van der Waals surface area (Å²) in [7, 11) is -3.96. The number of ether oxygens (including phenoxy) is 2. The van der Waals surface area contributed by atoms with Crippen molar-refractivity contribution in [2.75, 3.05) is 34.2 Å². The first-order valence-electron chi connectivity index (χ1n) is 14.7. The van der Waals surface area contributed by atoms with Crippen molar-refractivity contribution in [1.82, 2.24) is 15.1 Å². The number of hydrogen-bond acceptors (Lipinski definition) is 10. The molecule has 2 heterocycles. The van der Waals surface area contributed by atoms with Crippen molar-refractivity contribution in [3.8, 4) is 0 Å². The third-order valence-electron chi connectivity index (χ3n) is 6.57. The summed E-state index contributed by atoms with van der Waals surface area (Å²) in [6.45, 7) is 9.61. The van der Waals surface area contributed by atoms with Gasteiger partial charge >= 0.3 is 18.3 Å². The fourth-order valence-corrected chi connectivity index (χ4v) is 6.38. The van der Waals surface area contributed by atoms with Gasteiger partial charge < -0.3 is 19.5 Å². The highest BCUT2D eigenvalue weighted by Gasteiger charge is 2.32. The summed E-state index contributed by atoms with van der Waals surface area (Å²) in [6.07, 6.45) is -2.78. The number of benzene rings is 2. The van der Waals surface area contributed by atoms with Gasteiger partial charge in [-0.05, 0) is 102 Å². The van der Waals surface area contributed by atoms with E-state index in [9.17, 15) is 27.9 Å². The third kappa shape index (κ3) is 9.39. The van der Waals surface area contributed by atoms with E-state index >= 15 is 0 Å². The van der Waals surface area contributed by atoms with Crippen LogP contribution in [0.15, 0.2) is 53.4 Å². The first kappa shape index (κ1) is 36.5. The van der Waals surface area contributed by atoms with Gasteiger partial charge in [0.2, 0.25) is 0 Å². The van der Waals surface area contributed by atoms with Crippen LogP contribution in [0.2, 0.25) is 10.0 Å². The average Bonchev–Trinajstić information content (AvgIpc) is 3.36. The average molecular weight is 724 g/mol. The lowest BCUT2D eigenvalue weighted by Crippen LogP contribution is -2.47. The second-order valence-electron chi connectivity index (χ2n) is 12.8. The van der Waals surface area contributed by atoms with E-state index < -0.39 is 39.5 Å². The van der Waals surface area contributed by atoms with Gasteiger partial charge in [-0.3, -0.25) is 9.62 Å². The highest BCUT2D eigenvalue weighted by Crippen LogP contribution is 2.36. The molecule has 4 rings (SSSR count). The zero-order valence-electron chi connectivity index (χ0n) is 27.2. The van der Waals surface area contributed by atoms with Crippen LogP contribution in [-0.2, 0) is 25.9 Å². The Morgan fingerprint density at radius 3 is 2.02 bits per heavy atom. The van der Waals surface area contributed by atoms with Gasteiger partial charge in [0.1, 0.15) is 11.2 Å². The number of fused-ring (bicyclic) bond motifs is 1. The summed E-state index contributed by atoms with van der Waals surface area (Å²) in [4.78, 5) is 41.2. The van der Waals surface area contributed by atoms with Crippen molar-refractivity contribution in [1.29, 1.82) is 0 Å². The Morgan fingerprint density at radius 2 is 1.50 bits per heavy atom. The van der Waals surface area contributed by atoms with Crippen molar-refractivity contribution in [2.24, 2.45) is 0 Å². The number of anilines is 4. The number of halogens is 2. The molecule has 1 aliphatic rings. The van der Waals surface area contributed by atoms with Crippen LogP contribution in [0.3, 0.4) is 0 Å². The van der Waals surface area contributed by atoms with E-state index in [0.29, 0.717) is 29.4 Å². The molecule has 0 aliphatic carbocycles. The molecule has 48 heavy (non-hydrogen) atoms. The van der Waals surface area contributed by atoms with E-state index in [1.54, 1.807) is 65.8 Å². The molecule has 0 saturated heterocycles. The van der Waals surface area contributed by atoms with E-state index in [-0.39, 0.29) is 33.8 Å². The van der Waals surface area contributed by atoms with Gasteiger partial charge in [-0.2, -0.15) is 0 Å². The summed E-state index contributed by atoms with van der Waals surface area (Å²) in [5.41, 5.74) is 0.131. The second-order valence-corrected chi connectivity index (χ2v) is 15.3. The fourth-order valence-electron chi connectivity index (χ4n) is 4.61. The van der Waals surface area contributed by atoms with E-state index in [4.69, 9.17) is 32.7 Å². The van der Waals surface area contributed by atoms with Crippen LogP contribution in [-0.4, -0.2) is 77.7 Å². The summed E-state index contributed by atoms with van der Waals surface area (Å²) in [5.74, 6) is 0.388. The van der Waals surface area contributed by atoms with Crippen molar-refractivity contribution in [3.05, 3.63) is 64.1 Å². The molecule has 258 valence electrons. The van der Waals surface area contributed by atoms with Crippen molar-refractivity contribution in [3.63, 3.8) is 0 Å². The van der Waals surface area contributed by atoms with Crippen molar-refractivity contribution < 1.29 is 37.4 Å². The minimum atomic E-state index is -3.96. The Morgan fingerprint density at radius 1 is 0.896 bits per heavy atom. The van der Waals surface area contributed by atoms with Crippen LogP contribution < -0.4 is 14.5 Å². The van der Waals surface area contributed by atoms with Gasteiger partial charge in [0.05, 0.1) is 11.4 Å². The number of amides is 3. The Bertz CT molecular complexity index is 1760. The molecular formula is C31H36Cl2N6O8S. The quantitative estimate of drug-likeness (QED) is 0.247. The number of carboxylic acid groups (broad SMARTS) is 1. The highest BCUT2D eigenvalue weighted by atomic mass is 35.5. The number of hydrogen-bond donors (Lipinski definition) is 2. The van der Waals surface area contributed by atoms with E-state index in [2.05, 4.69) is 14.9 Å². The van der Waals surface area contributed by atoms with Gasteiger partial charge in [-0.1, -0.05) is 23.2 Å². The Kier molecular flexibility index (Phi) is 10.7. The minimum Gasteiger partial charge on any atom is -0.465 e. The molecule has 14 nitrogen and oxygen atoms in total. The monoisotopic (exact) mass is 722 g/mol. The van der Waals surface area contributed by atoms with Crippen LogP contribution in [0, 0.1) is 0 Å². The summed E-state index contributed by atoms with van der Waals surface area (Å²) >= 11 is 12.0. The molecule has 0 saturated carbocycles. The molecule has 0 atom stereocenters. The second kappa shape index (κ2) is 14.0. The topological polar surface area (TPSA) is 172 Å². The summed E-state index contributed by atoms with van der Waals surface area (Å²) in [5, 5.41) is 18.7. The molecule has 3 amide bonds. The van der Waals surface area contributed by atoms with Crippen molar-refractivity contribution >= 4 is 74.5 Å². The van der Waals surface area contributed by atoms with E-state index in [0.717, 1.165) is 16.2 Å². The smallest absolute Gasteiger partial charge is 0.419 e. The molecule has 2 N–H and O–H groups in total. The van der Waals surface area contributed by atoms with Gasteiger partial charge in [0, 0.05) is 34.5 Å². The number of sulfonamides is 1. The van der Waals surface area contributed by atoms with E-state index in [1.807, 2.05) is 4.90 Å². The van der Waals surface area contributed by atoms with Crippen molar-refractivity contribution in [2.45, 2.75) is 64.1 Å². The zero-order valence-corrected chi connectivity index (χ0v) is 29.5. The molecule has 0 fully saturated rings. The lowest BCUT2D eigenvalue weighted by atomic mass is 10.1. The molecule has 1 aliphatic heterocycles. The number of carbonyl (C=O) groups is 3. The highest BCUT2D eigenvalue weighted by molar-refractivity contribution is 7.92. The molecule has 0 spiro atoms. The Hall–Kier alpha value is -4.34. The standard InChI is InChI=1S/C31H36Cl2N6O8S/c1-30(2,3)46-28(42)39(29(43)47-31(4,5)6)14-13-38(27(40)41)26-10-9-25(34-35-26)37-12-11-19-15-22(7-8-24(19)37)36-48(44,45)23-17-20(32)16-21(33)18-23/h7-10,15-18,36H,11-14H2,1-6H3,(H,40,41). The number of nitrogens with one attached hydrogen (secondary N) is 1. The predicted octanol–water partition coefficient (Wildman–Crippen LogP) is 6.94. The number of imide groups is 1. The van der Waals surface area contributed by atoms with Gasteiger partial charge in [-0.15, -0.1) is 10.2 Å². The maximum atomic E-state index is 12.9. The fraction of sp³-hybridized carbons (Fsp3) is 0.387. The summed E-state index contributed by atoms with van der Waals surface area (Å²) < 4.78 is 39.1. The predicted molar refractivity (Wildman–Crippen MR) is 181 cm³/mol. The molecule has 3 aromatic rings. The molecule has 0 radical (unpaired) electrons. The molecule has 17 heteroatoms. The molecule has 1 aromatic heterocycles. The molecule has 2 aromatic carbocycles. The maximum absolute atomic E-state index is 12.9. The number of nitrogens with zero attached hydrogens (tertiary/aromatic N) is 5. The summed E-state index contributed by atoms with van der Waals surface area (Å²) in [6, 6.07) is 12.2. The van der Waals surface area contributed by atoms with Gasteiger partial charge in [0.15, 0.2) is 11.6 Å². The molecule has 0 bridgehead atoms. The Labute approximate surface area is 288 Å². The number of aromatic nitrogens is 2. The van der Waals surface area contributed by atoms with Crippen LogP contribution in [0.5, 0.6) is 0 Å². The SMILES string of the molecule is CC(C)(C)OC(=O)N(CCN(C(=O)O)c1ccc(N2CCc3cc(NS(=O)(=O)c4cc(Cl)cc(Cl)c4)ccc32)nn1)C(=O)OC(C)(C)C. The zero-order chi connectivity index (χ0) is 35.6. The maximum Gasteiger partial charge on any atom is 0.419 e. The Balaban J connectivity index is 1.49. The normalized spacial score (nSPS) is 13.0. The first-order valence-corrected chi connectivity index (χ1v) is 16.9. The van der Waals surface area contributed by atoms with Gasteiger partial charge in [-0.25, -0.2) is 27.7 Å². The molecule has 0 unspecified atom stereocenters. The van der Waals surface area contributed by atoms with Gasteiger partial charge in [0.25, 0.3) is 10.0 Å². The van der Waals surface area contributed by atoms with Crippen LogP contribution in [0.25, 0.3) is 0 Å². The van der Waals surface area contributed by atoms with E-state index in [1.165, 1.54) is 24.3 Å². The van der Waals surface area contributed by atoms with Crippen LogP contribution >= 0.6 is 23.2 Å². The molecular weight excluding hydrogens is 687 g/mol. The van der Waals surface area contributed by atoms with Crippen LogP contribution in [0.4, 0.5) is 37.4 Å². The first-order chi connectivity index (χ1) is 22.2. The number of carbonyl (C=O) groups excluding carboxylic acids is 2. The van der Waals surface area contributed by atoms with Crippen LogP contribution in [0.1, 0.15) is 47.1 Å². The third-order valence-corrected chi connectivity index (χ3v) is 8.37.